The standard InChI is InChI=1S/C19H18N2O3S/c1-13-4-3-9-21-17(22)10-16(20-18(13)21)12-25-11-14-5-7-15(8-6-14)19(23)24-2/h3-10H,11-12H2,1-2H3. The topological polar surface area (TPSA) is 60.7 Å². The fourth-order valence-electron chi connectivity index (χ4n) is 2.51. The van der Waals surface area contributed by atoms with Gasteiger partial charge in [0.2, 0.25) is 0 Å². The molecule has 0 saturated heterocycles. The van der Waals surface area contributed by atoms with Gasteiger partial charge in [-0.15, -0.1) is 0 Å². The van der Waals surface area contributed by atoms with E-state index in [1.165, 1.54) is 7.11 Å². The summed E-state index contributed by atoms with van der Waals surface area (Å²) in [6.07, 6.45) is 1.73. The van der Waals surface area contributed by atoms with E-state index in [1.807, 2.05) is 31.2 Å². The number of nitrogens with zero attached hydrogens (tertiary/aromatic N) is 2. The van der Waals surface area contributed by atoms with Gasteiger partial charge in [-0.3, -0.25) is 9.20 Å². The van der Waals surface area contributed by atoms with Crippen LogP contribution in [0, 0.1) is 6.92 Å². The Balaban J connectivity index is 1.68. The Bertz CT molecular complexity index is 965. The second-order valence-electron chi connectivity index (χ2n) is 5.65. The minimum absolute atomic E-state index is 0.0632. The zero-order chi connectivity index (χ0) is 17.8. The minimum Gasteiger partial charge on any atom is -0.465 e. The Morgan fingerprint density at radius 1 is 1.20 bits per heavy atom. The number of hydrogen-bond acceptors (Lipinski definition) is 5. The maximum atomic E-state index is 12.2. The molecule has 25 heavy (non-hydrogen) atoms. The number of benzene rings is 1. The van der Waals surface area contributed by atoms with Crippen LogP contribution in [-0.4, -0.2) is 22.5 Å². The van der Waals surface area contributed by atoms with Crippen molar-refractivity contribution in [3.8, 4) is 0 Å². The quantitative estimate of drug-likeness (QED) is 0.659. The Morgan fingerprint density at radius 2 is 1.96 bits per heavy atom. The van der Waals surface area contributed by atoms with Crippen LogP contribution in [-0.2, 0) is 16.2 Å². The molecule has 0 aliphatic rings. The Labute approximate surface area is 149 Å². The van der Waals surface area contributed by atoms with E-state index in [9.17, 15) is 9.59 Å². The summed E-state index contributed by atoms with van der Waals surface area (Å²) in [5.41, 5.74) is 4.03. The first-order valence-electron chi connectivity index (χ1n) is 7.81. The molecule has 3 aromatic rings. The fourth-order valence-corrected chi connectivity index (χ4v) is 3.40. The van der Waals surface area contributed by atoms with Gasteiger partial charge in [0, 0.05) is 23.8 Å². The van der Waals surface area contributed by atoms with Crippen LogP contribution in [0.15, 0.2) is 53.5 Å². The van der Waals surface area contributed by atoms with Gasteiger partial charge in [-0.25, -0.2) is 9.78 Å². The van der Waals surface area contributed by atoms with Gasteiger partial charge >= 0.3 is 5.97 Å². The second-order valence-corrected chi connectivity index (χ2v) is 6.64. The van der Waals surface area contributed by atoms with E-state index < -0.39 is 0 Å². The highest BCUT2D eigenvalue weighted by Crippen LogP contribution is 2.18. The molecule has 2 heterocycles. The van der Waals surface area contributed by atoms with Crippen LogP contribution in [0.3, 0.4) is 0 Å². The number of methoxy groups -OCH3 is 1. The van der Waals surface area contributed by atoms with Gasteiger partial charge in [0.1, 0.15) is 5.65 Å². The van der Waals surface area contributed by atoms with Gasteiger partial charge in [0.25, 0.3) is 5.56 Å². The first kappa shape index (κ1) is 17.2. The van der Waals surface area contributed by atoms with Crippen molar-refractivity contribution < 1.29 is 9.53 Å². The van der Waals surface area contributed by atoms with E-state index in [0.717, 1.165) is 22.6 Å². The van der Waals surface area contributed by atoms with Crippen molar-refractivity contribution in [2.24, 2.45) is 0 Å². The number of thioether (sulfide) groups is 1. The van der Waals surface area contributed by atoms with Crippen molar-refractivity contribution in [1.29, 1.82) is 0 Å². The summed E-state index contributed by atoms with van der Waals surface area (Å²) in [6, 6.07) is 12.7. The van der Waals surface area contributed by atoms with Gasteiger partial charge in [0.05, 0.1) is 18.4 Å². The Hall–Kier alpha value is -2.60. The van der Waals surface area contributed by atoms with Crippen LogP contribution in [0.5, 0.6) is 0 Å². The van der Waals surface area contributed by atoms with E-state index in [4.69, 9.17) is 0 Å². The number of carbonyl (C=O) groups excluding carboxylic acids is 1. The second kappa shape index (κ2) is 7.53. The summed E-state index contributed by atoms with van der Waals surface area (Å²) >= 11 is 1.68. The highest BCUT2D eigenvalue weighted by molar-refractivity contribution is 7.97. The molecular formula is C19H18N2O3S. The molecule has 0 spiro atoms. The van der Waals surface area contributed by atoms with Crippen molar-refractivity contribution in [2.75, 3.05) is 7.11 Å². The first-order chi connectivity index (χ1) is 12.1. The molecule has 0 unspecified atom stereocenters. The van der Waals surface area contributed by atoms with Gasteiger partial charge in [0.15, 0.2) is 0 Å². The highest BCUT2D eigenvalue weighted by atomic mass is 32.2. The molecule has 0 fully saturated rings. The zero-order valence-electron chi connectivity index (χ0n) is 14.1. The van der Waals surface area contributed by atoms with Crippen molar-refractivity contribution >= 4 is 23.4 Å². The molecular weight excluding hydrogens is 336 g/mol. The average molecular weight is 354 g/mol. The van der Waals surface area contributed by atoms with Crippen molar-refractivity contribution in [2.45, 2.75) is 18.4 Å². The minimum atomic E-state index is -0.338. The van der Waals surface area contributed by atoms with Crippen molar-refractivity contribution in [3.05, 3.63) is 81.4 Å². The third-order valence-electron chi connectivity index (χ3n) is 3.83. The molecule has 0 aliphatic heterocycles. The molecule has 0 saturated carbocycles. The number of carbonyl (C=O) groups is 1. The first-order valence-corrected chi connectivity index (χ1v) is 8.97. The molecule has 0 atom stereocenters. The maximum Gasteiger partial charge on any atom is 0.337 e. The number of ether oxygens (including phenoxy) is 1. The summed E-state index contributed by atoms with van der Waals surface area (Å²) in [7, 11) is 1.37. The molecule has 0 amide bonds. The molecule has 128 valence electrons. The molecule has 0 N–H and O–H groups in total. The third-order valence-corrected chi connectivity index (χ3v) is 4.87. The molecule has 3 rings (SSSR count). The monoisotopic (exact) mass is 354 g/mol. The van der Waals surface area contributed by atoms with Gasteiger partial charge in [-0.1, -0.05) is 18.2 Å². The Morgan fingerprint density at radius 3 is 2.68 bits per heavy atom. The lowest BCUT2D eigenvalue weighted by Crippen LogP contribution is -2.15. The number of esters is 1. The van der Waals surface area contributed by atoms with E-state index in [1.54, 1.807) is 40.6 Å². The van der Waals surface area contributed by atoms with E-state index in [0.29, 0.717) is 17.0 Å². The molecule has 0 radical (unpaired) electrons. The number of aryl methyl sites for hydroxylation is 1. The molecule has 5 nitrogen and oxygen atoms in total. The lowest BCUT2D eigenvalue weighted by Gasteiger charge is -2.06. The molecule has 2 aromatic heterocycles. The van der Waals surface area contributed by atoms with Crippen LogP contribution in [0.4, 0.5) is 0 Å². The highest BCUT2D eigenvalue weighted by Gasteiger charge is 2.06. The largest absolute Gasteiger partial charge is 0.465 e. The number of fused-ring (bicyclic) bond motifs is 1. The molecule has 0 aliphatic carbocycles. The molecule has 0 bridgehead atoms. The van der Waals surface area contributed by atoms with Crippen LogP contribution in [0.25, 0.3) is 5.65 Å². The van der Waals surface area contributed by atoms with Crippen LogP contribution < -0.4 is 5.56 Å². The predicted octanol–water partition coefficient (Wildman–Crippen LogP) is 3.22. The number of aromatic nitrogens is 2. The van der Waals surface area contributed by atoms with Crippen LogP contribution in [0.2, 0.25) is 0 Å². The summed E-state index contributed by atoms with van der Waals surface area (Å²) in [6.45, 7) is 1.95. The lowest BCUT2D eigenvalue weighted by atomic mass is 10.1. The summed E-state index contributed by atoms with van der Waals surface area (Å²) < 4.78 is 6.25. The van der Waals surface area contributed by atoms with Crippen LogP contribution >= 0.6 is 11.8 Å². The predicted molar refractivity (Wildman–Crippen MR) is 99.0 cm³/mol. The number of hydrogen-bond donors (Lipinski definition) is 0. The fraction of sp³-hybridized carbons (Fsp3) is 0.211. The van der Waals surface area contributed by atoms with Crippen molar-refractivity contribution in [1.82, 2.24) is 9.38 Å². The molecule has 6 heteroatoms. The summed E-state index contributed by atoms with van der Waals surface area (Å²) in [4.78, 5) is 28.2. The molecule has 1 aromatic carbocycles. The van der Waals surface area contributed by atoms with Crippen molar-refractivity contribution in [3.63, 3.8) is 0 Å². The van der Waals surface area contributed by atoms with E-state index in [2.05, 4.69) is 9.72 Å². The maximum absolute atomic E-state index is 12.2. The Kier molecular flexibility index (Phi) is 5.19. The zero-order valence-corrected chi connectivity index (χ0v) is 14.9. The number of rotatable bonds is 5. The van der Waals surface area contributed by atoms with Crippen LogP contribution in [0.1, 0.15) is 27.2 Å². The summed E-state index contributed by atoms with van der Waals surface area (Å²) in [5.74, 6) is 1.09. The number of pyridine rings is 1. The van der Waals surface area contributed by atoms with E-state index >= 15 is 0 Å². The lowest BCUT2D eigenvalue weighted by molar-refractivity contribution is 0.0600. The van der Waals surface area contributed by atoms with Gasteiger partial charge in [-0.2, -0.15) is 11.8 Å². The third kappa shape index (κ3) is 3.91. The summed E-state index contributed by atoms with van der Waals surface area (Å²) in [5, 5.41) is 0. The van der Waals surface area contributed by atoms with Gasteiger partial charge < -0.3 is 4.74 Å². The average Bonchev–Trinajstić information content (AvgIpc) is 2.63. The van der Waals surface area contributed by atoms with Gasteiger partial charge in [-0.05, 0) is 36.2 Å². The smallest absolute Gasteiger partial charge is 0.337 e. The SMILES string of the molecule is COC(=O)c1ccc(CSCc2cc(=O)n3cccc(C)c3n2)cc1. The van der Waals surface area contributed by atoms with E-state index in [-0.39, 0.29) is 11.5 Å². The normalized spacial score (nSPS) is 10.8.